The Balaban J connectivity index is 2.84. The van der Waals surface area contributed by atoms with Crippen LogP contribution < -0.4 is 5.32 Å². The van der Waals surface area contributed by atoms with E-state index in [0.717, 1.165) is 0 Å². The number of carbonyl (C=O) groups is 3. The highest BCUT2D eigenvalue weighted by Gasteiger charge is 2.37. The fourth-order valence-corrected chi connectivity index (χ4v) is 2.20. The molecule has 1 aliphatic rings. The summed E-state index contributed by atoms with van der Waals surface area (Å²) >= 11 is 0. The van der Waals surface area contributed by atoms with E-state index in [2.05, 4.69) is 10.1 Å². The molecule has 1 N–H and O–H groups in total. The minimum Gasteiger partial charge on any atom is -0.469 e. The lowest BCUT2D eigenvalue weighted by Gasteiger charge is -2.30. The zero-order valence-electron chi connectivity index (χ0n) is 13.5. The molecule has 1 rings (SSSR count). The standard InChI is InChI=1S/C15H23NO6/c1-15(2,3)22-14(19)16-11-7-6-9(12(17)20-4)8-10(11)13(18)21-5/h6-7,9-11H,8H2,1-5H3,(H,16,19)/t9-,10-,11+/m0/s1. The summed E-state index contributed by atoms with van der Waals surface area (Å²) in [6.45, 7) is 5.23. The van der Waals surface area contributed by atoms with Crippen LogP contribution in [0.25, 0.3) is 0 Å². The summed E-state index contributed by atoms with van der Waals surface area (Å²) in [7, 11) is 2.55. The van der Waals surface area contributed by atoms with Gasteiger partial charge in [-0.15, -0.1) is 0 Å². The number of nitrogens with one attached hydrogen (secondary N) is 1. The van der Waals surface area contributed by atoms with Gasteiger partial charge in [0, 0.05) is 0 Å². The van der Waals surface area contributed by atoms with E-state index < -0.39 is 41.5 Å². The van der Waals surface area contributed by atoms with Crippen molar-refractivity contribution in [2.45, 2.75) is 38.8 Å². The highest BCUT2D eigenvalue weighted by atomic mass is 16.6. The first-order valence-electron chi connectivity index (χ1n) is 7.01. The predicted octanol–water partition coefficient (Wildman–Crippen LogP) is 1.42. The molecule has 1 aliphatic carbocycles. The van der Waals surface area contributed by atoms with Crippen molar-refractivity contribution in [3.05, 3.63) is 12.2 Å². The summed E-state index contributed by atoms with van der Waals surface area (Å²) in [5.41, 5.74) is -0.641. The molecule has 0 aliphatic heterocycles. The van der Waals surface area contributed by atoms with E-state index in [0.29, 0.717) is 0 Å². The van der Waals surface area contributed by atoms with Crippen LogP contribution in [0, 0.1) is 11.8 Å². The highest BCUT2D eigenvalue weighted by molar-refractivity contribution is 5.80. The molecule has 3 atom stereocenters. The van der Waals surface area contributed by atoms with Gasteiger partial charge in [0.2, 0.25) is 0 Å². The number of methoxy groups -OCH3 is 2. The van der Waals surface area contributed by atoms with Gasteiger partial charge in [-0.3, -0.25) is 9.59 Å². The summed E-state index contributed by atoms with van der Waals surface area (Å²) in [5, 5.41) is 2.62. The van der Waals surface area contributed by atoms with Crippen LogP contribution in [-0.4, -0.2) is 43.9 Å². The molecule has 0 saturated heterocycles. The number of hydrogen-bond donors (Lipinski definition) is 1. The number of rotatable bonds is 3. The van der Waals surface area contributed by atoms with Gasteiger partial charge in [-0.05, 0) is 27.2 Å². The Kier molecular flexibility index (Phi) is 5.96. The predicted molar refractivity (Wildman–Crippen MR) is 77.9 cm³/mol. The molecule has 0 unspecified atom stereocenters. The van der Waals surface area contributed by atoms with E-state index in [-0.39, 0.29) is 6.42 Å². The second kappa shape index (κ2) is 7.29. The number of hydrogen-bond acceptors (Lipinski definition) is 6. The van der Waals surface area contributed by atoms with Gasteiger partial charge in [-0.25, -0.2) is 4.79 Å². The van der Waals surface area contributed by atoms with Crippen molar-refractivity contribution in [2.75, 3.05) is 14.2 Å². The highest BCUT2D eigenvalue weighted by Crippen LogP contribution is 2.26. The number of alkyl carbamates (subject to hydrolysis) is 1. The summed E-state index contributed by atoms with van der Waals surface area (Å²) in [5.74, 6) is -2.14. The summed E-state index contributed by atoms with van der Waals surface area (Å²) in [6, 6.07) is -0.594. The number of carbonyl (C=O) groups excluding carboxylic acids is 3. The van der Waals surface area contributed by atoms with Gasteiger partial charge < -0.3 is 19.5 Å². The first kappa shape index (κ1) is 18.0. The summed E-state index contributed by atoms with van der Waals surface area (Å²) < 4.78 is 14.6. The molecule has 22 heavy (non-hydrogen) atoms. The first-order valence-corrected chi connectivity index (χ1v) is 7.01. The maximum Gasteiger partial charge on any atom is 0.408 e. The van der Waals surface area contributed by atoms with Crippen molar-refractivity contribution < 1.29 is 28.6 Å². The molecule has 1 amide bonds. The van der Waals surface area contributed by atoms with E-state index >= 15 is 0 Å². The van der Waals surface area contributed by atoms with Crippen LogP contribution in [0.2, 0.25) is 0 Å². The van der Waals surface area contributed by atoms with E-state index in [1.807, 2.05) is 0 Å². The molecule has 0 spiro atoms. The molecule has 0 aromatic carbocycles. The van der Waals surface area contributed by atoms with Crippen molar-refractivity contribution in [3.63, 3.8) is 0 Å². The Bertz CT molecular complexity index is 465. The van der Waals surface area contributed by atoms with Crippen LogP contribution >= 0.6 is 0 Å². The molecule has 0 heterocycles. The molecule has 0 fully saturated rings. The first-order chi connectivity index (χ1) is 10.2. The Labute approximate surface area is 130 Å². The zero-order valence-corrected chi connectivity index (χ0v) is 13.5. The quantitative estimate of drug-likeness (QED) is 0.481. The fourth-order valence-electron chi connectivity index (χ4n) is 2.20. The molecular formula is C15H23NO6. The fraction of sp³-hybridized carbons (Fsp3) is 0.667. The van der Waals surface area contributed by atoms with Crippen molar-refractivity contribution in [2.24, 2.45) is 11.8 Å². The van der Waals surface area contributed by atoms with Crippen molar-refractivity contribution in [3.8, 4) is 0 Å². The smallest absolute Gasteiger partial charge is 0.408 e. The van der Waals surface area contributed by atoms with E-state index in [1.54, 1.807) is 32.9 Å². The molecule has 0 saturated carbocycles. The van der Waals surface area contributed by atoms with E-state index in [9.17, 15) is 14.4 Å². The maximum atomic E-state index is 11.9. The minimum atomic E-state index is -0.674. The van der Waals surface area contributed by atoms with Gasteiger partial charge in [0.05, 0.1) is 32.1 Å². The molecule has 7 heteroatoms. The van der Waals surface area contributed by atoms with Crippen molar-refractivity contribution in [1.29, 1.82) is 0 Å². The second-order valence-electron chi connectivity index (χ2n) is 6.05. The Morgan fingerprint density at radius 2 is 1.64 bits per heavy atom. The third kappa shape index (κ3) is 5.05. The zero-order chi connectivity index (χ0) is 16.9. The number of esters is 2. The lowest BCUT2D eigenvalue weighted by atomic mass is 9.83. The maximum absolute atomic E-state index is 11.9. The van der Waals surface area contributed by atoms with Gasteiger partial charge in [-0.2, -0.15) is 0 Å². The van der Waals surface area contributed by atoms with Gasteiger partial charge in [-0.1, -0.05) is 12.2 Å². The van der Waals surface area contributed by atoms with Crippen LogP contribution in [0.3, 0.4) is 0 Å². The summed E-state index contributed by atoms with van der Waals surface area (Å²) in [6.07, 6.45) is 2.78. The van der Waals surface area contributed by atoms with Gasteiger partial charge in [0.25, 0.3) is 0 Å². The molecule has 0 aromatic rings. The largest absolute Gasteiger partial charge is 0.469 e. The molecule has 0 bridgehead atoms. The SMILES string of the molecule is COC(=O)[C@H]1C[C@@H](C(=O)OC)C=C[C@H]1NC(=O)OC(C)(C)C. The Morgan fingerprint density at radius 1 is 1.05 bits per heavy atom. The Hall–Kier alpha value is -2.05. The Morgan fingerprint density at radius 3 is 2.14 bits per heavy atom. The normalized spacial score (nSPS) is 24.3. The van der Waals surface area contributed by atoms with Crippen LogP contribution in [0.4, 0.5) is 4.79 Å². The van der Waals surface area contributed by atoms with Crippen LogP contribution in [-0.2, 0) is 23.8 Å². The molecule has 0 radical (unpaired) electrons. The molecular weight excluding hydrogens is 290 g/mol. The number of ether oxygens (including phenoxy) is 3. The van der Waals surface area contributed by atoms with Gasteiger partial charge in [0.15, 0.2) is 0 Å². The second-order valence-corrected chi connectivity index (χ2v) is 6.05. The molecule has 124 valence electrons. The monoisotopic (exact) mass is 313 g/mol. The van der Waals surface area contributed by atoms with E-state index in [4.69, 9.17) is 9.47 Å². The summed E-state index contributed by atoms with van der Waals surface area (Å²) in [4.78, 5) is 35.3. The topological polar surface area (TPSA) is 90.9 Å². The van der Waals surface area contributed by atoms with Crippen molar-refractivity contribution >= 4 is 18.0 Å². The molecule has 7 nitrogen and oxygen atoms in total. The minimum absolute atomic E-state index is 0.205. The number of amides is 1. The lowest BCUT2D eigenvalue weighted by Crippen LogP contribution is -2.47. The van der Waals surface area contributed by atoms with Gasteiger partial charge >= 0.3 is 18.0 Å². The van der Waals surface area contributed by atoms with Crippen LogP contribution in [0.1, 0.15) is 27.2 Å². The molecule has 0 aromatic heterocycles. The third-order valence-electron chi connectivity index (χ3n) is 3.18. The average molecular weight is 313 g/mol. The van der Waals surface area contributed by atoms with E-state index in [1.165, 1.54) is 14.2 Å². The average Bonchev–Trinajstić information content (AvgIpc) is 2.43. The van der Waals surface area contributed by atoms with Crippen LogP contribution in [0.15, 0.2) is 12.2 Å². The third-order valence-corrected chi connectivity index (χ3v) is 3.18. The lowest BCUT2D eigenvalue weighted by molar-refractivity contribution is -0.149. The van der Waals surface area contributed by atoms with Crippen LogP contribution in [0.5, 0.6) is 0 Å². The van der Waals surface area contributed by atoms with Gasteiger partial charge in [0.1, 0.15) is 5.60 Å². The van der Waals surface area contributed by atoms with Crippen molar-refractivity contribution in [1.82, 2.24) is 5.32 Å².